The quantitative estimate of drug-likeness (QED) is 0.528. The number of hydrazine groups is 1. The van der Waals surface area contributed by atoms with Crippen molar-refractivity contribution in [3.05, 3.63) is 0 Å². The van der Waals surface area contributed by atoms with Gasteiger partial charge in [0.15, 0.2) is 0 Å². The van der Waals surface area contributed by atoms with E-state index in [9.17, 15) is 14.4 Å². The number of hydrogen-bond donors (Lipinski definition) is 2. The minimum absolute atomic E-state index is 0.0606. The van der Waals surface area contributed by atoms with Crippen LogP contribution in [0.2, 0.25) is 0 Å². The molecular formula is C12H21N3O4. The van der Waals surface area contributed by atoms with Gasteiger partial charge in [0.25, 0.3) is 5.91 Å². The Balaban J connectivity index is 2.24. The van der Waals surface area contributed by atoms with Crippen LogP contribution in [0.25, 0.3) is 0 Å². The molecule has 108 valence electrons. The van der Waals surface area contributed by atoms with Gasteiger partial charge in [0.1, 0.15) is 0 Å². The number of hydrogen-bond acceptors (Lipinski definition) is 5. The summed E-state index contributed by atoms with van der Waals surface area (Å²) in [4.78, 5) is 35.6. The lowest BCUT2D eigenvalue weighted by Gasteiger charge is -2.30. The van der Waals surface area contributed by atoms with Crippen molar-refractivity contribution in [3.8, 4) is 0 Å². The minimum Gasteiger partial charge on any atom is -0.466 e. The van der Waals surface area contributed by atoms with Gasteiger partial charge in [0, 0.05) is 6.92 Å². The molecule has 1 fully saturated rings. The summed E-state index contributed by atoms with van der Waals surface area (Å²) >= 11 is 0. The van der Waals surface area contributed by atoms with Gasteiger partial charge in [0.2, 0.25) is 5.91 Å². The van der Waals surface area contributed by atoms with Crippen molar-refractivity contribution in [2.45, 2.75) is 26.7 Å². The van der Waals surface area contributed by atoms with Crippen LogP contribution in [0.15, 0.2) is 0 Å². The van der Waals surface area contributed by atoms with Crippen molar-refractivity contribution >= 4 is 17.8 Å². The molecule has 1 aliphatic rings. The van der Waals surface area contributed by atoms with Crippen molar-refractivity contribution in [2.75, 3.05) is 26.2 Å². The second kappa shape index (κ2) is 7.73. The number of esters is 1. The lowest BCUT2D eigenvalue weighted by molar-refractivity contribution is -0.149. The second-order valence-corrected chi connectivity index (χ2v) is 4.53. The molecule has 1 aliphatic heterocycles. The summed E-state index contributed by atoms with van der Waals surface area (Å²) in [5, 5.41) is 0. The number of piperidine rings is 1. The number of nitrogens with one attached hydrogen (secondary N) is 2. The Bertz CT molecular complexity index is 338. The number of likely N-dealkylation sites (tertiary alicyclic amines) is 1. The lowest BCUT2D eigenvalue weighted by atomic mass is 9.97. The zero-order valence-corrected chi connectivity index (χ0v) is 11.4. The minimum atomic E-state index is -0.311. The molecule has 1 rings (SSSR count). The number of carbonyl (C=O) groups excluding carboxylic acids is 3. The molecule has 1 heterocycles. The van der Waals surface area contributed by atoms with Crippen LogP contribution in [0.1, 0.15) is 26.7 Å². The van der Waals surface area contributed by atoms with E-state index in [1.54, 1.807) is 6.92 Å². The third-order valence-electron chi connectivity index (χ3n) is 2.95. The highest BCUT2D eigenvalue weighted by Crippen LogP contribution is 2.18. The Morgan fingerprint density at radius 1 is 1.21 bits per heavy atom. The number of nitrogens with zero attached hydrogens (tertiary/aromatic N) is 1. The summed E-state index contributed by atoms with van der Waals surface area (Å²) in [6.45, 7) is 5.09. The molecule has 0 spiro atoms. The molecule has 0 aliphatic carbocycles. The molecule has 0 bridgehead atoms. The van der Waals surface area contributed by atoms with Gasteiger partial charge in [0.05, 0.1) is 19.1 Å². The van der Waals surface area contributed by atoms with Crippen LogP contribution in [-0.2, 0) is 19.1 Å². The first-order valence-corrected chi connectivity index (χ1v) is 6.47. The normalized spacial score (nSPS) is 16.7. The van der Waals surface area contributed by atoms with Crippen LogP contribution in [0.3, 0.4) is 0 Å². The van der Waals surface area contributed by atoms with E-state index in [-0.39, 0.29) is 30.2 Å². The predicted molar refractivity (Wildman–Crippen MR) is 67.8 cm³/mol. The fourth-order valence-electron chi connectivity index (χ4n) is 1.99. The maximum Gasteiger partial charge on any atom is 0.309 e. The SMILES string of the molecule is CCOC(=O)C1CCN(CC(=O)NNC(C)=O)CC1. The summed E-state index contributed by atoms with van der Waals surface area (Å²) in [6, 6.07) is 0. The first kappa shape index (κ1) is 15.4. The average Bonchev–Trinajstić information content (AvgIpc) is 2.37. The van der Waals surface area contributed by atoms with E-state index in [1.807, 2.05) is 4.90 Å². The van der Waals surface area contributed by atoms with Crippen LogP contribution in [0.5, 0.6) is 0 Å². The van der Waals surface area contributed by atoms with Gasteiger partial charge in [-0.1, -0.05) is 0 Å². The highest BCUT2D eigenvalue weighted by atomic mass is 16.5. The van der Waals surface area contributed by atoms with E-state index in [1.165, 1.54) is 6.92 Å². The molecule has 0 aromatic heterocycles. The van der Waals surface area contributed by atoms with E-state index in [2.05, 4.69) is 10.9 Å². The first-order valence-electron chi connectivity index (χ1n) is 6.47. The number of ether oxygens (including phenoxy) is 1. The molecule has 7 nitrogen and oxygen atoms in total. The molecule has 0 aromatic rings. The molecule has 1 saturated heterocycles. The molecule has 19 heavy (non-hydrogen) atoms. The van der Waals surface area contributed by atoms with E-state index >= 15 is 0 Å². The van der Waals surface area contributed by atoms with Gasteiger partial charge < -0.3 is 4.74 Å². The Labute approximate surface area is 112 Å². The molecule has 0 atom stereocenters. The van der Waals surface area contributed by atoms with Gasteiger partial charge in [-0.2, -0.15) is 0 Å². The Kier molecular flexibility index (Phi) is 6.27. The van der Waals surface area contributed by atoms with Crippen LogP contribution in [-0.4, -0.2) is 48.9 Å². The zero-order valence-electron chi connectivity index (χ0n) is 11.4. The maximum atomic E-state index is 11.5. The molecule has 2 amide bonds. The molecule has 2 N–H and O–H groups in total. The molecule has 7 heteroatoms. The Hall–Kier alpha value is -1.63. The van der Waals surface area contributed by atoms with Crippen molar-refractivity contribution in [1.29, 1.82) is 0 Å². The third kappa shape index (κ3) is 5.69. The standard InChI is InChI=1S/C12H21N3O4/c1-3-19-12(18)10-4-6-15(7-5-10)8-11(17)14-13-9(2)16/h10H,3-8H2,1-2H3,(H,13,16)(H,14,17). The maximum absolute atomic E-state index is 11.5. The van der Waals surface area contributed by atoms with Crippen LogP contribution in [0, 0.1) is 5.92 Å². The second-order valence-electron chi connectivity index (χ2n) is 4.53. The van der Waals surface area contributed by atoms with Crippen LogP contribution < -0.4 is 10.9 Å². The number of carbonyl (C=O) groups is 3. The molecule has 0 saturated carbocycles. The largest absolute Gasteiger partial charge is 0.466 e. The Morgan fingerprint density at radius 3 is 2.37 bits per heavy atom. The van der Waals surface area contributed by atoms with Gasteiger partial charge in [-0.25, -0.2) is 0 Å². The highest BCUT2D eigenvalue weighted by Gasteiger charge is 2.26. The molecular weight excluding hydrogens is 250 g/mol. The van der Waals surface area contributed by atoms with Crippen molar-refractivity contribution in [1.82, 2.24) is 15.8 Å². The molecule has 0 radical (unpaired) electrons. The van der Waals surface area contributed by atoms with Gasteiger partial charge in [-0.05, 0) is 32.9 Å². The summed E-state index contributed by atoms with van der Waals surface area (Å²) in [5.41, 5.74) is 4.55. The van der Waals surface area contributed by atoms with Gasteiger partial charge >= 0.3 is 5.97 Å². The van der Waals surface area contributed by atoms with Crippen LogP contribution in [0.4, 0.5) is 0 Å². The summed E-state index contributed by atoms with van der Waals surface area (Å²) in [7, 11) is 0. The van der Waals surface area contributed by atoms with Gasteiger partial charge in [-0.3, -0.25) is 30.1 Å². The van der Waals surface area contributed by atoms with E-state index < -0.39 is 0 Å². The molecule has 0 aromatic carbocycles. The van der Waals surface area contributed by atoms with Crippen molar-refractivity contribution in [2.24, 2.45) is 5.92 Å². The smallest absolute Gasteiger partial charge is 0.309 e. The number of rotatable bonds is 4. The van der Waals surface area contributed by atoms with Gasteiger partial charge in [-0.15, -0.1) is 0 Å². The molecule has 0 unspecified atom stereocenters. The average molecular weight is 271 g/mol. The first-order chi connectivity index (χ1) is 9.02. The fourth-order valence-corrected chi connectivity index (χ4v) is 1.99. The van der Waals surface area contributed by atoms with Crippen molar-refractivity contribution in [3.63, 3.8) is 0 Å². The highest BCUT2D eigenvalue weighted by molar-refractivity contribution is 5.82. The van der Waals surface area contributed by atoms with Crippen molar-refractivity contribution < 1.29 is 19.1 Å². The van der Waals surface area contributed by atoms with E-state index in [0.29, 0.717) is 32.5 Å². The summed E-state index contributed by atoms with van der Waals surface area (Å²) in [5.74, 6) is -0.779. The van der Waals surface area contributed by atoms with E-state index in [0.717, 1.165) is 0 Å². The fraction of sp³-hybridized carbons (Fsp3) is 0.750. The topological polar surface area (TPSA) is 87.7 Å². The van der Waals surface area contributed by atoms with E-state index in [4.69, 9.17) is 4.74 Å². The summed E-state index contributed by atoms with van der Waals surface area (Å²) < 4.78 is 4.98. The predicted octanol–water partition coefficient (Wildman–Crippen LogP) is -0.571. The zero-order chi connectivity index (χ0) is 14.3. The summed E-state index contributed by atoms with van der Waals surface area (Å²) in [6.07, 6.45) is 1.40. The third-order valence-corrected chi connectivity index (χ3v) is 2.95. The number of amides is 2. The van der Waals surface area contributed by atoms with Crippen LogP contribution >= 0.6 is 0 Å². The Morgan fingerprint density at radius 2 is 1.84 bits per heavy atom. The lowest BCUT2D eigenvalue weighted by Crippen LogP contribution is -2.47. The monoisotopic (exact) mass is 271 g/mol.